The van der Waals surface area contributed by atoms with Crippen molar-refractivity contribution >= 4 is 17.4 Å². The second-order valence-corrected chi connectivity index (χ2v) is 6.19. The smallest absolute Gasteiger partial charge is 0.129 e. The minimum atomic E-state index is 0.169. The normalized spacial score (nSPS) is 19.7. The van der Waals surface area contributed by atoms with Gasteiger partial charge in [0.2, 0.25) is 0 Å². The van der Waals surface area contributed by atoms with Gasteiger partial charge in [0, 0.05) is 31.7 Å². The summed E-state index contributed by atoms with van der Waals surface area (Å²) >= 11 is 6.16. The number of hydrogen-bond acceptors (Lipinski definition) is 4. The molecular weight excluding hydrogens is 260 g/mol. The molecule has 0 amide bonds. The lowest BCUT2D eigenvalue weighted by Crippen LogP contribution is -2.57. The quantitative estimate of drug-likeness (QED) is 0.919. The molecule has 0 radical (unpaired) electrons. The number of pyridine rings is 1. The molecule has 1 N–H and O–H groups in total. The zero-order valence-corrected chi connectivity index (χ0v) is 13.0. The third-order valence-electron chi connectivity index (χ3n) is 3.89. The van der Waals surface area contributed by atoms with Crippen molar-refractivity contribution in [3.05, 3.63) is 22.8 Å². The van der Waals surface area contributed by atoms with E-state index in [0.717, 1.165) is 36.2 Å². The highest BCUT2D eigenvalue weighted by atomic mass is 35.5. The summed E-state index contributed by atoms with van der Waals surface area (Å²) < 4.78 is 0. The van der Waals surface area contributed by atoms with Gasteiger partial charge in [-0.15, -0.1) is 0 Å². The molecule has 1 aliphatic rings. The zero-order valence-electron chi connectivity index (χ0n) is 12.2. The molecule has 106 valence electrons. The summed E-state index contributed by atoms with van der Waals surface area (Å²) in [7, 11) is 4.09. The number of halogens is 1. The van der Waals surface area contributed by atoms with Gasteiger partial charge in [0.25, 0.3) is 0 Å². The van der Waals surface area contributed by atoms with Crippen LogP contribution in [0.4, 0.5) is 5.82 Å². The van der Waals surface area contributed by atoms with Crippen LogP contribution in [0.1, 0.15) is 19.5 Å². The van der Waals surface area contributed by atoms with Gasteiger partial charge in [-0.1, -0.05) is 11.6 Å². The zero-order chi connectivity index (χ0) is 14.0. The van der Waals surface area contributed by atoms with Crippen LogP contribution >= 0.6 is 11.6 Å². The van der Waals surface area contributed by atoms with Crippen molar-refractivity contribution in [1.82, 2.24) is 15.2 Å². The predicted molar refractivity (Wildman–Crippen MR) is 80.9 cm³/mol. The first-order valence-electron chi connectivity index (χ1n) is 6.70. The van der Waals surface area contributed by atoms with E-state index in [0.29, 0.717) is 6.54 Å². The number of hydrogen-bond donors (Lipinski definition) is 1. The Morgan fingerprint density at radius 1 is 1.37 bits per heavy atom. The van der Waals surface area contributed by atoms with Crippen LogP contribution in [0.25, 0.3) is 0 Å². The van der Waals surface area contributed by atoms with E-state index in [2.05, 4.69) is 41.0 Å². The van der Waals surface area contributed by atoms with E-state index in [-0.39, 0.29) is 5.54 Å². The van der Waals surface area contributed by atoms with Gasteiger partial charge in [0.15, 0.2) is 0 Å². The van der Waals surface area contributed by atoms with Gasteiger partial charge in [0.05, 0.1) is 10.7 Å². The highest BCUT2D eigenvalue weighted by Gasteiger charge is 2.31. The van der Waals surface area contributed by atoms with E-state index < -0.39 is 0 Å². The highest BCUT2D eigenvalue weighted by Crippen LogP contribution is 2.25. The van der Waals surface area contributed by atoms with Crippen LogP contribution in [0.2, 0.25) is 5.02 Å². The van der Waals surface area contributed by atoms with E-state index in [4.69, 9.17) is 11.6 Å². The van der Waals surface area contributed by atoms with Crippen molar-refractivity contribution in [2.75, 3.05) is 38.6 Å². The van der Waals surface area contributed by atoms with Crippen LogP contribution in [0, 0.1) is 0 Å². The minimum Gasteiger partial charge on any atom is -0.353 e. The summed E-state index contributed by atoms with van der Waals surface area (Å²) in [5.41, 5.74) is 1.08. The maximum atomic E-state index is 6.16. The predicted octanol–water partition coefficient (Wildman–Crippen LogP) is 1.98. The van der Waals surface area contributed by atoms with Gasteiger partial charge in [-0.3, -0.25) is 4.90 Å². The Balaban J connectivity index is 2.20. The Bertz CT molecular complexity index is 447. The van der Waals surface area contributed by atoms with E-state index in [1.165, 1.54) is 0 Å². The second-order valence-electron chi connectivity index (χ2n) is 5.78. The van der Waals surface area contributed by atoms with Crippen LogP contribution in [0.15, 0.2) is 12.1 Å². The second kappa shape index (κ2) is 5.65. The molecule has 0 unspecified atom stereocenters. The van der Waals surface area contributed by atoms with Crippen molar-refractivity contribution in [3.8, 4) is 0 Å². The van der Waals surface area contributed by atoms with Gasteiger partial charge >= 0.3 is 0 Å². The largest absolute Gasteiger partial charge is 0.353 e. The van der Waals surface area contributed by atoms with E-state index >= 15 is 0 Å². The summed E-state index contributed by atoms with van der Waals surface area (Å²) in [5, 5.41) is 3.83. The molecule has 1 aliphatic heterocycles. The maximum Gasteiger partial charge on any atom is 0.129 e. The molecule has 2 rings (SSSR count). The maximum absolute atomic E-state index is 6.16. The molecule has 0 aromatic carbocycles. The van der Waals surface area contributed by atoms with Crippen molar-refractivity contribution in [2.45, 2.75) is 25.9 Å². The summed E-state index contributed by atoms with van der Waals surface area (Å²) in [6.07, 6.45) is 0. The van der Waals surface area contributed by atoms with Crippen molar-refractivity contribution in [3.63, 3.8) is 0 Å². The lowest BCUT2D eigenvalue weighted by Gasteiger charge is -2.45. The molecule has 0 bridgehead atoms. The molecule has 2 heterocycles. The van der Waals surface area contributed by atoms with Crippen LogP contribution in [0.3, 0.4) is 0 Å². The van der Waals surface area contributed by atoms with Gasteiger partial charge in [-0.05, 0) is 40.1 Å². The fourth-order valence-electron chi connectivity index (χ4n) is 2.38. The Morgan fingerprint density at radius 3 is 2.74 bits per heavy atom. The Kier molecular flexibility index (Phi) is 4.33. The number of piperazine rings is 1. The first-order valence-corrected chi connectivity index (χ1v) is 7.08. The topological polar surface area (TPSA) is 31.4 Å². The Hall–Kier alpha value is -0.840. The summed E-state index contributed by atoms with van der Waals surface area (Å²) in [6, 6.07) is 3.96. The molecule has 19 heavy (non-hydrogen) atoms. The first-order chi connectivity index (χ1) is 8.94. The average molecular weight is 283 g/mol. The molecular formula is C14H23ClN4. The van der Waals surface area contributed by atoms with Gasteiger partial charge < -0.3 is 10.2 Å². The standard InChI is InChI=1S/C14H23ClN4/c1-14(2)10-19(8-7-18(14)4)13-6-5-11(15)12(17-13)9-16-3/h5-6,16H,7-10H2,1-4H3. The van der Waals surface area contributed by atoms with Crippen LogP contribution < -0.4 is 10.2 Å². The summed E-state index contributed by atoms with van der Waals surface area (Å²) in [6.45, 7) is 8.28. The van der Waals surface area contributed by atoms with E-state index in [1.54, 1.807) is 0 Å². The third kappa shape index (κ3) is 3.19. The van der Waals surface area contributed by atoms with Gasteiger partial charge in [-0.25, -0.2) is 4.98 Å². The Labute approximate surface area is 120 Å². The van der Waals surface area contributed by atoms with Crippen LogP contribution in [0.5, 0.6) is 0 Å². The van der Waals surface area contributed by atoms with Crippen molar-refractivity contribution in [2.24, 2.45) is 0 Å². The number of likely N-dealkylation sites (N-methyl/N-ethyl adjacent to an activating group) is 1. The summed E-state index contributed by atoms with van der Waals surface area (Å²) in [4.78, 5) is 9.43. The average Bonchev–Trinajstić information content (AvgIpc) is 2.36. The van der Waals surface area contributed by atoms with E-state index in [1.807, 2.05) is 19.2 Å². The molecule has 0 saturated carbocycles. The third-order valence-corrected chi connectivity index (χ3v) is 4.23. The molecule has 1 aromatic heterocycles. The van der Waals surface area contributed by atoms with Gasteiger partial charge in [-0.2, -0.15) is 0 Å². The molecule has 4 nitrogen and oxygen atoms in total. The van der Waals surface area contributed by atoms with Crippen LogP contribution in [-0.4, -0.2) is 49.2 Å². The number of nitrogens with one attached hydrogen (secondary N) is 1. The minimum absolute atomic E-state index is 0.169. The number of nitrogens with zero attached hydrogens (tertiary/aromatic N) is 3. The lowest BCUT2D eigenvalue weighted by atomic mass is 10.00. The fraction of sp³-hybridized carbons (Fsp3) is 0.643. The molecule has 0 aliphatic carbocycles. The van der Waals surface area contributed by atoms with Gasteiger partial charge in [0.1, 0.15) is 5.82 Å². The number of aromatic nitrogens is 1. The SMILES string of the molecule is CNCc1nc(N2CCN(C)C(C)(C)C2)ccc1Cl. The monoisotopic (exact) mass is 282 g/mol. The highest BCUT2D eigenvalue weighted by molar-refractivity contribution is 6.31. The fourth-order valence-corrected chi connectivity index (χ4v) is 2.55. The Morgan fingerprint density at radius 2 is 2.11 bits per heavy atom. The van der Waals surface area contributed by atoms with Crippen molar-refractivity contribution in [1.29, 1.82) is 0 Å². The molecule has 1 fully saturated rings. The van der Waals surface area contributed by atoms with E-state index in [9.17, 15) is 0 Å². The number of anilines is 1. The number of rotatable bonds is 3. The molecule has 0 atom stereocenters. The summed E-state index contributed by atoms with van der Waals surface area (Å²) in [5.74, 6) is 1.02. The first kappa shape index (κ1) is 14.6. The van der Waals surface area contributed by atoms with Crippen molar-refractivity contribution < 1.29 is 0 Å². The molecule has 0 spiro atoms. The molecule has 1 saturated heterocycles. The van der Waals surface area contributed by atoms with Crippen LogP contribution in [-0.2, 0) is 6.54 Å². The molecule has 5 heteroatoms. The lowest BCUT2D eigenvalue weighted by molar-refractivity contribution is 0.138. The molecule has 1 aromatic rings.